The third-order valence-corrected chi connectivity index (χ3v) is 6.24. The molecule has 2 amide bonds. The van der Waals surface area contributed by atoms with Crippen molar-refractivity contribution < 1.29 is 4.79 Å². The zero-order chi connectivity index (χ0) is 20.1. The number of benzene rings is 1. The highest BCUT2D eigenvalue weighted by Crippen LogP contribution is 2.32. The van der Waals surface area contributed by atoms with Crippen LogP contribution in [0.1, 0.15) is 5.82 Å². The third kappa shape index (κ3) is 5.43. The van der Waals surface area contributed by atoms with Gasteiger partial charge < -0.3 is 10.3 Å². The van der Waals surface area contributed by atoms with Crippen molar-refractivity contribution >= 4 is 50.2 Å². The van der Waals surface area contributed by atoms with Crippen LogP contribution in [0.5, 0.6) is 0 Å². The van der Waals surface area contributed by atoms with Gasteiger partial charge in [-0.1, -0.05) is 57.2 Å². The molecule has 7 nitrogen and oxygen atoms in total. The summed E-state index contributed by atoms with van der Waals surface area (Å²) in [6.45, 7) is 0.281. The number of imidazole rings is 1. The fourth-order valence-electron chi connectivity index (χ4n) is 2.41. The number of hydrogen-bond acceptors (Lipinski definition) is 6. The Balaban J connectivity index is 1.29. The van der Waals surface area contributed by atoms with Crippen LogP contribution in [0, 0.1) is 0 Å². The number of hydrogen-bond donors (Lipinski definition) is 3. The summed E-state index contributed by atoms with van der Waals surface area (Å²) >= 11 is 6.32. The van der Waals surface area contributed by atoms with Crippen molar-refractivity contribution in [1.29, 1.82) is 0 Å². The van der Waals surface area contributed by atoms with E-state index in [9.17, 15) is 4.79 Å². The van der Waals surface area contributed by atoms with Crippen LogP contribution in [0.2, 0.25) is 0 Å². The first-order valence-corrected chi connectivity index (χ1v) is 11.0. The molecule has 0 fully saturated rings. The predicted octanol–water partition coefficient (Wildman–Crippen LogP) is 5.16. The van der Waals surface area contributed by atoms with Gasteiger partial charge >= 0.3 is 6.03 Å². The molecule has 4 aromatic rings. The van der Waals surface area contributed by atoms with Gasteiger partial charge in [0.05, 0.1) is 28.8 Å². The number of thiazole rings is 1. The Kier molecular flexibility index (Phi) is 6.23. The van der Waals surface area contributed by atoms with Gasteiger partial charge in [-0.15, -0.1) is 0 Å². The van der Waals surface area contributed by atoms with E-state index in [2.05, 4.69) is 46.5 Å². The summed E-state index contributed by atoms with van der Waals surface area (Å²) in [6.07, 6.45) is 5.21. The van der Waals surface area contributed by atoms with Gasteiger partial charge in [0.1, 0.15) is 10.9 Å². The van der Waals surface area contributed by atoms with E-state index in [1.165, 1.54) is 23.1 Å². The molecule has 0 bridgehead atoms. The molecule has 0 saturated carbocycles. The normalized spacial score (nSPS) is 10.7. The maximum Gasteiger partial charge on any atom is 0.321 e. The number of amides is 2. The van der Waals surface area contributed by atoms with Crippen LogP contribution in [0.15, 0.2) is 74.8 Å². The molecule has 3 heterocycles. The van der Waals surface area contributed by atoms with Crippen molar-refractivity contribution in [2.24, 2.45) is 0 Å². The van der Waals surface area contributed by atoms with E-state index < -0.39 is 0 Å². The maximum absolute atomic E-state index is 12.1. The van der Waals surface area contributed by atoms with Crippen molar-refractivity contribution in [2.45, 2.75) is 15.8 Å². The number of carbonyl (C=O) groups is 1. The predicted molar refractivity (Wildman–Crippen MR) is 118 cm³/mol. The number of rotatable bonds is 6. The zero-order valence-electron chi connectivity index (χ0n) is 14.9. The molecule has 146 valence electrons. The summed E-state index contributed by atoms with van der Waals surface area (Å²) in [7, 11) is 0. The highest BCUT2D eigenvalue weighted by atomic mass is 79.9. The Morgan fingerprint density at radius 2 is 1.97 bits per heavy atom. The first-order valence-electron chi connectivity index (χ1n) is 8.55. The van der Waals surface area contributed by atoms with Crippen LogP contribution >= 0.6 is 39.0 Å². The number of aromatic nitrogens is 4. The summed E-state index contributed by atoms with van der Waals surface area (Å²) in [5.74, 6) is 0.670. The number of carbonyl (C=O) groups excluding carboxylic acids is 1. The fraction of sp³-hybridized carbons (Fsp3) is 0.0526. The smallest absolute Gasteiger partial charge is 0.321 e. The second-order valence-corrected chi connectivity index (χ2v) is 9.08. The molecule has 0 unspecified atom stereocenters. The molecule has 0 aliphatic carbocycles. The summed E-state index contributed by atoms with van der Waals surface area (Å²) in [5.41, 5.74) is 1.92. The first-order chi connectivity index (χ1) is 14.2. The molecule has 0 atom stereocenters. The molecule has 4 rings (SSSR count). The van der Waals surface area contributed by atoms with E-state index in [0.717, 1.165) is 25.0 Å². The highest BCUT2D eigenvalue weighted by molar-refractivity contribution is 9.10. The van der Waals surface area contributed by atoms with Crippen LogP contribution in [0.25, 0.3) is 11.3 Å². The Hall–Kier alpha value is -2.69. The van der Waals surface area contributed by atoms with Crippen LogP contribution in [0.4, 0.5) is 9.93 Å². The standard InChI is InChI=1S/C19H15BrN6OS2/c20-13-6-4-12(5-7-13)14-9-22-15(25-14)10-23-18(27)26-19-24-11-17(29-19)28-16-3-1-2-8-21-16/h1-9,11H,10H2,(H,22,25)(H2,23,24,26,27). The van der Waals surface area contributed by atoms with E-state index in [4.69, 9.17) is 0 Å². The molecule has 3 aromatic heterocycles. The van der Waals surface area contributed by atoms with E-state index in [0.29, 0.717) is 11.0 Å². The van der Waals surface area contributed by atoms with Crippen LogP contribution in [0.3, 0.4) is 0 Å². The number of anilines is 1. The average molecular weight is 487 g/mol. The summed E-state index contributed by atoms with van der Waals surface area (Å²) in [4.78, 5) is 28.2. The molecule has 0 saturated heterocycles. The monoisotopic (exact) mass is 486 g/mol. The van der Waals surface area contributed by atoms with Gasteiger partial charge in [-0.3, -0.25) is 5.32 Å². The third-order valence-electron chi connectivity index (χ3n) is 3.75. The number of H-pyrrole nitrogens is 1. The summed E-state index contributed by atoms with van der Waals surface area (Å²) in [6, 6.07) is 13.3. The minimum Gasteiger partial charge on any atom is -0.341 e. The van der Waals surface area contributed by atoms with Gasteiger partial charge in [0.15, 0.2) is 5.13 Å². The Morgan fingerprint density at radius 1 is 1.10 bits per heavy atom. The molecule has 1 aromatic carbocycles. The molecule has 10 heteroatoms. The van der Waals surface area contributed by atoms with Crippen molar-refractivity contribution in [3.8, 4) is 11.3 Å². The van der Waals surface area contributed by atoms with Crippen molar-refractivity contribution in [3.63, 3.8) is 0 Å². The maximum atomic E-state index is 12.1. The molecule has 29 heavy (non-hydrogen) atoms. The largest absolute Gasteiger partial charge is 0.341 e. The summed E-state index contributed by atoms with van der Waals surface area (Å²) < 4.78 is 1.97. The highest BCUT2D eigenvalue weighted by Gasteiger charge is 2.09. The van der Waals surface area contributed by atoms with Crippen molar-refractivity contribution in [1.82, 2.24) is 25.3 Å². The summed E-state index contributed by atoms with van der Waals surface area (Å²) in [5, 5.41) is 6.92. The molecule has 0 radical (unpaired) electrons. The molecule has 0 spiro atoms. The lowest BCUT2D eigenvalue weighted by Crippen LogP contribution is -2.28. The van der Waals surface area contributed by atoms with E-state index >= 15 is 0 Å². The molecule has 0 aliphatic rings. The van der Waals surface area contributed by atoms with Crippen molar-refractivity contribution in [2.75, 3.05) is 5.32 Å². The van der Waals surface area contributed by atoms with Gasteiger partial charge in [-0.25, -0.2) is 19.7 Å². The Morgan fingerprint density at radius 3 is 2.76 bits per heavy atom. The average Bonchev–Trinajstić information content (AvgIpc) is 3.37. The number of urea groups is 1. The van der Waals surface area contributed by atoms with Crippen LogP contribution in [-0.2, 0) is 6.54 Å². The SMILES string of the molecule is O=C(NCc1ncc(-c2ccc(Br)cc2)[nH]1)Nc1ncc(Sc2ccccn2)s1. The van der Waals surface area contributed by atoms with E-state index in [1.54, 1.807) is 18.6 Å². The van der Waals surface area contributed by atoms with Gasteiger partial charge in [-0.2, -0.15) is 0 Å². The number of halogens is 1. The minimum absolute atomic E-state index is 0.281. The van der Waals surface area contributed by atoms with Crippen LogP contribution < -0.4 is 10.6 Å². The van der Waals surface area contributed by atoms with Crippen LogP contribution in [-0.4, -0.2) is 26.0 Å². The molecular weight excluding hydrogens is 472 g/mol. The van der Waals surface area contributed by atoms with E-state index in [1.807, 2.05) is 42.5 Å². The van der Waals surface area contributed by atoms with Crippen molar-refractivity contribution in [3.05, 3.63) is 71.4 Å². The van der Waals surface area contributed by atoms with Gasteiger partial charge in [0.25, 0.3) is 0 Å². The van der Waals surface area contributed by atoms with Gasteiger partial charge in [-0.05, 0) is 29.8 Å². The topological polar surface area (TPSA) is 95.6 Å². The number of aromatic amines is 1. The number of nitrogens with zero attached hydrogens (tertiary/aromatic N) is 3. The Labute approximate surface area is 183 Å². The quantitative estimate of drug-likeness (QED) is 0.349. The Bertz CT molecular complexity index is 1100. The first kappa shape index (κ1) is 19.6. The number of pyridine rings is 1. The lowest BCUT2D eigenvalue weighted by atomic mass is 10.2. The van der Waals surface area contributed by atoms with E-state index in [-0.39, 0.29) is 12.6 Å². The second kappa shape index (κ2) is 9.21. The lowest BCUT2D eigenvalue weighted by Gasteiger charge is -2.03. The lowest BCUT2D eigenvalue weighted by molar-refractivity contribution is 0.251. The molecular formula is C19H15BrN6OS2. The van der Waals surface area contributed by atoms with Gasteiger partial charge in [0, 0.05) is 10.7 Å². The number of nitrogens with one attached hydrogen (secondary N) is 3. The second-order valence-electron chi connectivity index (χ2n) is 5.81. The fourth-order valence-corrected chi connectivity index (χ4v) is 4.45. The van der Waals surface area contributed by atoms with Gasteiger partial charge in [0.2, 0.25) is 0 Å². The minimum atomic E-state index is -0.338. The molecule has 3 N–H and O–H groups in total. The zero-order valence-corrected chi connectivity index (χ0v) is 18.1. The molecule has 0 aliphatic heterocycles.